The van der Waals surface area contributed by atoms with Crippen LogP contribution >= 0.6 is 0 Å². The van der Waals surface area contributed by atoms with Crippen LogP contribution in [0.15, 0.2) is 0 Å². The number of esters is 1. The fourth-order valence-corrected chi connectivity index (χ4v) is 1.56. The molecule has 7 heteroatoms. The van der Waals surface area contributed by atoms with E-state index in [0.717, 1.165) is 0 Å². The van der Waals surface area contributed by atoms with Gasteiger partial charge >= 0.3 is 11.2 Å². The topological polar surface area (TPSA) is 66.4 Å². The molecule has 0 aromatic heterocycles. The van der Waals surface area contributed by atoms with Crippen LogP contribution in [0.3, 0.4) is 0 Å². The highest BCUT2D eigenvalue weighted by Gasteiger charge is 2.29. The van der Waals surface area contributed by atoms with Crippen LogP contribution in [0.25, 0.3) is 0 Å². The van der Waals surface area contributed by atoms with E-state index in [-0.39, 0.29) is 19.0 Å². The minimum Gasteiger partial charge on any atom is -0.768 e. The first kappa shape index (κ1) is 18.4. The van der Waals surface area contributed by atoms with Crippen molar-refractivity contribution in [2.24, 2.45) is 5.41 Å². The molecule has 0 aromatic carbocycles. The summed E-state index contributed by atoms with van der Waals surface area (Å²) >= 11 is -3.35. The molecule has 0 aromatic rings. The molecular formula is C12H21F2O4S-. The zero-order chi connectivity index (χ0) is 15.1. The monoisotopic (exact) mass is 299 g/mol. The second-order valence-electron chi connectivity index (χ2n) is 5.42. The van der Waals surface area contributed by atoms with Gasteiger partial charge in [-0.2, -0.15) is 8.78 Å². The maximum Gasteiger partial charge on any atom is 0.311 e. The van der Waals surface area contributed by atoms with Gasteiger partial charge in [0.05, 0.1) is 12.0 Å². The third-order valence-electron chi connectivity index (χ3n) is 2.45. The van der Waals surface area contributed by atoms with E-state index < -0.39 is 28.2 Å². The molecule has 0 rings (SSSR count). The van der Waals surface area contributed by atoms with Crippen molar-refractivity contribution in [2.75, 3.05) is 6.61 Å². The molecule has 114 valence electrons. The smallest absolute Gasteiger partial charge is 0.311 e. The van der Waals surface area contributed by atoms with Crippen molar-refractivity contribution < 1.29 is 27.1 Å². The van der Waals surface area contributed by atoms with Gasteiger partial charge in [-0.15, -0.1) is 0 Å². The van der Waals surface area contributed by atoms with Gasteiger partial charge in [-0.05, 0) is 33.6 Å². The molecule has 0 aliphatic rings. The quantitative estimate of drug-likeness (QED) is 0.392. The van der Waals surface area contributed by atoms with Gasteiger partial charge in [0.25, 0.3) is 0 Å². The maximum absolute atomic E-state index is 12.7. The average molecular weight is 299 g/mol. The van der Waals surface area contributed by atoms with E-state index in [1.54, 1.807) is 20.8 Å². The second kappa shape index (κ2) is 7.89. The third kappa shape index (κ3) is 8.26. The van der Waals surface area contributed by atoms with Crippen LogP contribution in [-0.2, 0) is 20.6 Å². The molecule has 0 fully saturated rings. The van der Waals surface area contributed by atoms with Crippen LogP contribution < -0.4 is 0 Å². The lowest BCUT2D eigenvalue weighted by atomic mass is 9.97. The van der Waals surface area contributed by atoms with E-state index in [1.165, 1.54) is 0 Å². The van der Waals surface area contributed by atoms with E-state index in [0.29, 0.717) is 19.3 Å². The van der Waals surface area contributed by atoms with Crippen molar-refractivity contribution in [2.45, 2.75) is 58.1 Å². The lowest BCUT2D eigenvalue weighted by Crippen LogP contribution is -2.23. The van der Waals surface area contributed by atoms with Gasteiger partial charge < -0.3 is 9.29 Å². The van der Waals surface area contributed by atoms with Crippen LogP contribution in [0.2, 0.25) is 0 Å². The molecule has 0 saturated heterocycles. The first-order valence-electron chi connectivity index (χ1n) is 6.22. The SMILES string of the molecule is CC(C)(C)C(=O)OCCCCCCC(F)(F)S(=O)[O-]. The van der Waals surface area contributed by atoms with Gasteiger partial charge in [0.15, 0.2) is 0 Å². The molecule has 4 nitrogen and oxygen atoms in total. The van der Waals surface area contributed by atoms with Crippen LogP contribution in [0, 0.1) is 5.41 Å². The molecule has 1 unspecified atom stereocenters. The first-order valence-corrected chi connectivity index (χ1v) is 7.29. The zero-order valence-corrected chi connectivity index (χ0v) is 12.4. The van der Waals surface area contributed by atoms with Crippen LogP contribution in [0.1, 0.15) is 52.9 Å². The summed E-state index contributed by atoms with van der Waals surface area (Å²) < 4.78 is 50.7. The normalized spacial score (nSPS) is 14.2. The Labute approximate surface area is 115 Å². The molecule has 0 amide bonds. The van der Waals surface area contributed by atoms with Crippen LogP contribution in [0.4, 0.5) is 8.78 Å². The summed E-state index contributed by atoms with van der Waals surface area (Å²) in [6.07, 6.45) is 1.17. The zero-order valence-electron chi connectivity index (χ0n) is 11.5. The Morgan fingerprint density at radius 2 is 1.68 bits per heavy atom. The highest BCUT2D eigenvalue weighted by molar-refractivity contribution is 7.80. The number of rotatable bonds is 8. The summed E-state index contributed by atoms with van der Waals surface area (Å²) in [6, 6.07) is 0. The second-order valence-corrected chi connectivity index (χ2v) is 6.49. The number of halogens is 2. The summed E-state index contributed by atoms with van der Waals surface area (Å²) in [5, 5.41) is -3.64. The number of carbonyl (C=O) groups is 1. The Morgan fingerprint density at radius 1 is 1.16 bits per heavy atom. The molecule has 0 heterocycles. The summed E-state index contributed by atoms with van der Waals surface area (Å²) in [5.74, 6) is -0.291. The van der Waals surface area contributed by atoms with Gasteiger partial charge in [0, 0.05) is 17.5 Å². The van der Waals surface area contributed by atoms with Crippen LogP contribution in [-0.4, -0.2) is 26.6 Å². The van der Waals surface area contributed by atoms with Crippen molar-refractivity contribution in [1.82, 2.24) is 0 Å². The number of carbonyl (C=O) groups excluding carboxylic acids is 1. The average Bonchev–Trinajstić information content (AvgIpc) is 2.25. The fraction of sp³-hybridized carbons (Fsp3) is 0.917. The van der Waals surface area contributed by atoms with Crippen molar-refractivity contribution in [3.8, 4) is 0 Å². The standard InChI is InChI=1S/C12H22F2O4S/c1-11(2,3)10(15)18-9-7-5-4-6-8-12(13,14)19(16)17/h4-9H2,1-3H3,(H,16,17)/p-1. The number of unbranched alkanes of at least 4 members (excludes halogenated alkanes) is 3. The Balaban J connectivity index is 3.58. The van der Waals surface area contributed by atoms with Gasteiger partial charge in [0.2, 0.25) is 0 Å². The summed E-state index contributed by atoms with van der Waals surface area (Å²) in [6.45, 7) is 5.52. The summed E-state index contributed by atoms with van der Waals surface area (Å²) in [7, 11) is 0. The van der Waals surface area contributed by atoms with E-state index >= 15 is 0 Å². The van der Waals surface area contributed by atoms with Crippen molar-refractivity contribution in [1.29, 1.82) is 0 Å². The molecule has 19 heavy (non-hydrogen) atoms. The number of alkyl halides is 2. The van der Waals surface area contributed by atoms with Gasteiger partial charge in [0.1, 0.15) is 0 Å². The molecular weight excluding hydrogens is 278 g/mol. The largest absolute Gasteiger partial charge is 0.768 e. The molecule has 0 aliphatic carbocycles. The Hall–Kier alpha value is -0.560. The molecule has 1 atom stereocenters. The van der Waals surface area contributed by atoms with E-state index in [9.17, 15) is 22.3 Å². The number of hydrogen-bond acceptors (Lipinski definition) is 4. The van der Waals surface area contributed by atoms with E-state index in [1.807, 2.05) is 0 Å². The predicted molar refractivity (Wildman–Crippen MR) is 67.4 cm³/mol. The minimum absolute atomic E-state index is 0.133. The molecule has 0 N–H and O–H groups in total. The van der Waals surface area contributed by atoms with Crippen LogP contribution in [0.5, 0.6) is 0 Å². The van der Waals surface area contributed by atoms with Crippen molar-refractivity contribution in [3.63, 3.8) is 0 Å². The molecule has 0 radical (unpaired) electrons. The molecule has 0 spiro atoms. The van der Waals surface area contributed by atoms with Gasteiger partial charge in [-0.25, -0.2) is 0 Å². The molecule has 0 aliphatic heterocycles. The van der Waals surface area contributed by atoms with Gasteiger partial charge in [-0.3, -0.25) is 9.00 Å². The highest BCUT2D eigenvalue weighted by Crippen LogP contribution is 2.24. The van der Waals surface area contributed by atoms with E-state index in [2.05, 4.69) is 0 Å². The number of hydrogen-bond donors (Lipinski definition) is 0. The fourth-order valence-electron chi connectivity index (χ4n) is 1.25. The lowest BCUT2D eigenvalue weighted by molar-refractivity contribution is -0.153. The summed E-state index contributed by atoms with van der Waals surface area (Å²) in [5.41, 5.74) is -0.541. The van der Waals surface area contributed by atoms with Crippen molar-refractivity contribution in [3.05, 3.63) is 0 Å². The highest BCUT2D eigenvalue weighted by atomic mass is 32.2. The lowest BCUT2D eigenvalue weighted by Gasteiger charge is -2.18. The molecule has 0 bridgehead atoms. The van der Waals surface area contributed by atoms with Crippen molar-refractivity contribution >= 4 is 17.0 Å². The number of ether oxygens (including phenoxy) is 1. The first-order chi connectivity index (χ1) is 8.57. The summed E-state index contributed by atoms with van der Waals surface area (Å²) in [4.78, 5) is 11.4. The Kier molecular flexibility index (Phi) is 7.66. The predicted octanol–water partition coefficient (Wildman–Crippen LogP) is 3.00. The van der Waals surface area contributed by atoms with Gasteiger partial charge in [-0.1, -0.05) is 12.8 Å². The third-order valence-corrected chi connectivity index (χ3v) is 3.14. The van der Waals surface area contributed by atoms with E-state index in [4.69, 9.17) is 4.74 Å². The minimum atomic E-state index is -3.64. The Bertz CT molecular complexity index is 313. The maximum atomic E-state index is 12.7. The Morgan fingerprint density at radius 3 is 2.16 bits per heavy atom. The molecule has 0 saturated carbocycles.